The van der Waals surface area contributed by atoms with Gasteiger partial charge in [0.2, 0.25) is 11.8 Å². The van der Waals surface area contributed by atoms with Crippen molar-refractivity contribution in [3.63, 3.8) is 0 Å². The highest BCUT2D eigenvalue weighted by Gasteiger charge is 2.63. The Balaban J connectivity index is 1.51. The van der Waals surface area contributed by atoms with Crippen LogP contribution in [0.15, 0.2) is 182 Å². The maximum atomic E-state index is 16.6. The second-order valence-electron chi connectivity index (χ2n) is 17.6. The number of amides is 2. The Morgan fingerprint density at radius 2 is 0.778 bits per heavy atom. The van der Waals surface area contributed by atoms with E-state index in [1.54, 1.807) is 4.90 Å². The van der Waals surface area contributed by atoms with Crippen molar-refractivity contribution in [3.8, 4) is 0 Å². The predicted molar refractivity (Wildman–Crippen MR) is 252 cm³/mol. The van der Waals surface area contributed by atoms with Gasteiger partial charge in [-0.05, 0) is 95.5 Å². The van der Waals surface area contributed by atoms with Gasteiger partial charge in [0.05, 0.1) is 12.1 Å². The second kappa shape index (κ2) is 16.1. The summed E-state index contributed by atoms with van der Waals surface area (Å²) in [6.07, 6.45) is 0.451. The number of primary amides is 1. The van der Waals surface area contributed by atoms with E-state index in [9.17, 15) is 15.0 Å². The van der Waals surface area contributed by atoms with Crippen LogP contribution in [0, 0.1) is 33.1 Å². The average molecular weight is 829 g/mol. The molecule has 8 aromatic rings. The summed E-state index contributed by atoms with van der Waals surface area (Å²) < 4.78 is 0. The van der Waals surface area contributed by atoms with Gasteiger partial charge < -0.3 is 20.8 Å². The highest BCUT2D eigenvalue weighted by Crippen LogP contribution is 2.58. The van der Waals surface area contributed by atoms with Gasteiger partial charge in [-0.15, -0.1) is 0 Å². The van der Waals surface area contributed by atoms with Crippen molar-refractivity contribution in [2.45, 2.75) is 63.8 Å². The van der Waals surface area contributed by atoms with Crippen LogP contribution in [0.4, 0.5) is 0 Å². The van der Waals surface area contributed by atoms with Crippen LogP contribution in [0.5, 0.6) is 0 Å². The van der Waals surface area contributed by atoms with Gasteiger partial charge >= 0.3 is 0 Å². The molecular weight excluding hydrogens is 777 g/mol. The maximum absolute atomic E-state index is 16.6. The number of aryl methyl sites for hydroxylation is 4. The van der Waals surface area contributed by atoms with E-state index in [1.165, 1.54) is 0 Å². The number of carbonyl (C=O) groups is 2. The Morgan fingerprint density at radius 1 is 0.476 bits per heavy atom. The third kappa shape index (κ3) is 7.10. The largest absolute Gasteiger partial charge is 0.378 e. The topological polar surface area (TPSA) is 104 Å². The first-order valence-electron chi connectivity index (χ1n) is 21.7. The number of aliphatic hydroxyl groups is 2. The lowest BCUT2D eigenvalue weighted by Gasteiger charge is -2.52. The minimum atomic E-state index is -2.00. The van der Waals surface area contributed by atoms with Gasteiger partial charge in [0.1, 0.15) is 16.6 Å². The summed E-state index contributed by atoms with van der Waals surface area (Å²) in [4.78, 5) is 32.2. The third-order valence-electron chi connectivity index (χ3n) is 13.4. The molecule has 314 valence electrons. The van der Waals surface area contributed by atoms with Gasteiger partial charge in [-0.25, -0.2) is 0 Å². The van der Waals surface area contributed by atoms with Crippen molar-refractivity contribution >= 4 is 33.4 Å². The molecule has 8 aromatic carbocycles. The molecular formula is C57H52N2O4. The monoisotopic (exact) mass is 828 g/mol. The molecule has 0 saturated heterocycles. The Kier molecular flexibility index (Phi) is 10.6. The quantitative estimate of drug-likeness (QED) is 0.107. The molecule has 0 aliphatic heterocycles. The van der Waals surface area contributed by atoms with Crippen molar-refractivity contribution in [3.05, 3.63) is 238 Å². The number of nitrogens with zero attached hydrogens (tertiary/aromatic N) is 1. The lowest BCUT2D eigenvalue weighted by Crippen LogP contribution is -2.57. The number of rotatable bonds is 12. The van der Waals surface area contributed by atoms with Gasteiger partial charge in [0.15, 0.2) is 0 Å². The van der Waals surface area contributed by atoms with E-state index in [1.807, 2.05) is 210 Å². The molecule has 1 fully saturated rings. The number of carbonyl (C=O) groups excluding carboxylic acids is 2. The number of nitrogens with two attached hydrogens (primary N) is 1. The zero-order chi connectivity index (χ0) is 44.1. The molecule has 4 N–H and O–H groups in total. The first-order valence-corrected chi connectivity index (χ1v) is 21.7. The molecule has 6 nitrogen and oxygen atoms in total. The van der Waals surface area contributed by atoms with Crippen LogP contribution in [0.1, 0.15) is 80.6 Å². The molecule has 2 atom stereocenters. The van der Waals surface area contributed by atoms with E-state index >= 15 is 4.79 Å². The van der Waals surface area contributed by atoms with E-state index in [2.05, 4.69) is 0 Å². The van der Waals surface area contributed by atoms with Crippen LogP contribution in [0.2, 0.25) is 0 Å². The first-order chi connectivity index (χ1) is 30.4. The SMILES string of the molecule is Cc1ccc(C(O)(c2ccc(C)cc2)[C@H](c2cccc3ccccc23)N(C(=O)C2(C(N)=O)CC2)[C@@H](c2cccc3ccccc23)C(O)(c2ccc(C)cc2)c2ccc(C)cc2)cc1. The highest BCUT2D eigenvalue weighted by atomic mass is 16.3. The van der Waals surface area contributed by atoms with E-state index in [-0.39, 0.29) is 12.8 Å². The van der Waals surface area contributed by atoms with Crippen molar-refractivity contribution in [1.29, 1.82) is 0 Å². The van der Waals surface area contributed by atoms with Crippen LogP contribution in [0.25, 0.3) is 21.5 Å². The van der Waals surface area contributed by atoms with Crippen LogP contribution < -0.4 is 5.73 Å². The summed E-state index contributed by atoms with van der Waals surface area (Å²) >= 11 is 0. The highest BCUT2D eigenvalue weighted by molar-refractivity contribution is 6.08. The molecule has 6 heteroatoms. The average Bonchev–Trinajstić information content (AvgIpc) is 4.12. The molecule has 2 amide bonds. The third-order valence-corrected chi connectivity index (χ3v) is 13.4. The van der Waals surface area contributed by atoms with Crippen molar-refractivity contribution in [2.75, 3.05) is 0 Å². The van der Waals surface area contributed by atoms with E-state index in [0.29, 0.717) is 33.4 Å². The number of hydrogen-bond donors (Lipinski definition) is 3. The normalized spacial score (nSPS) is 14.6. The Labute approximate surface area is 369 Å². The molecule has 0 spiro atoms. The van der Waals surface area contributed by atoms with Gasteiger partial charge in [0.25, 0.3) is 0 Å². The standard InChI is InChI=1S/C57H52N2O4/c1-37-19-27-43(28-20-37)56(62,44-29-21-38(2)22-30-44)51(49-17-9-13-41-11-5-7-15-47(41)49)59(54(61)55(35-36-55)53(58)60)52(50-18-10-14-42-12-6-8-16-48(42)50)57(63,45-31-23-39(3)24-32-45)46-33-25-40(4)26-34-46/h5-34,51-52,62-63H,35-36H2,1-4H3,(H2,58,60)/t51-,52-/m0/s1. The summed E-state index contributed by atoms with van der Waals surface area (Å²) in [6.45, 7) is 7.99. The fourth-order valence-corrected chi connectivity index (χ4v) is 9.65. The zero-order valence-corrected chi connectivity index (χ0v) is 36.1. The fourth-order valence-electron chi connectivity index (χ4n) is 9.65. The smallest absolute Gasteiger partial charge is 0.239 e. The molecule has 9 rings (SSSR count). The lowest BCUT2D eigenvalue weighted by atomic mass is 9.70. The van der Waals surface area contributed by atoms with Crippen LogP contribution in [-0.4, -0.2) is 26.9 Å². The molecule has 1 aliphatic carbocycles. The van der Waals surface area contributed by atoms with Gasteiger partial charge in [-0.3, -0.25) is 9.59 Å². The molecule has 1 aliphatic rings. The number of benzene rings is 8. The Bertz CT molecular complexity index is 2680. The molecule has 0 heterocycles. The molecule has 63 heavy (non-hydrogen) atoms. The van der Waals surface area contributed by atoms with Crippen molar-refractivity contribution in [1.82, 2.24) is 4.90 Å². The first kappa shape index (κ1) is 41.5. The lowest BCUT2D eigenvalue weighted by molar-refractivity contribution is -0.162. The van der Waals surface area contributed by atoms with Crippen molar-refractivity contribution < 1.29 is 19.8 Å². The van der Waals surface area contributed by atoms with Gasteiger partial charge in [-0.1, -0.05) is 204 Å². The second-order valence-corrected chi connectivity index (χ2v) is 17.6. The molecule has 0 bridgehead atoms. The van der Waals surface area contributed by atoms with E-state index in [0.717, 1.165) is 43.8 Å². The summed E-state index contributed by atoms with van der Waals surface area (Å²) in [7, 11) is 0. The summed E-state index contributed by atoms with van der Waals surface area (Å²) in [5, 5.41) is 32.5. The molecule has 0 aromatic heterocycles. The van der Waals surface area contributed by atoms with E-state index < -0.39 is 40.5 Å². The number of hydrogen-bond acceptors (Lipinski definition) is 4. The van der Waals surface area contributed by atoms with Crippen molar-refractivity contribution in [2.24, 2.45) is 11.1 Å². The molecule has 0 unspecified atom stereocenters. The van der Waals surface area contributed by atoms with Crippen LogP contribution in [0.3, 0.4) is 0 Å². The summed E-state index contributed by atoms with van der Waals surface area (Å²) in [6, 6.07) is 56.1. The predicted octanol–water partition coefficient (Wildman–Crippen LogP) is 11.0. The van der Waals surface area contributed by atoms with Crippen LogP contribution in [-0.2, 0) is 20.8 Å². The number of fused-ring (bicyclic) bond motifs is 2. The molecule has 1 saturated carbocycles. The minimum absolute atomic E-state index is 0.225. The fraction of sp³-hybridized carbons (Fsp3) is 0.193. The Hall–Kier alpha value is -6.86. The van der Waals surface area contributed by atoms with E-state index in [4.69, 9.17) is 5.73 Å². The summed E-state index contributed by atoms with van der Waals surface area (Å²) in [5.41, 5.74) is 8.10. The Morgan fingerprint density at radius 3 is 1.08 bits per heavy atom. The molecule has 0 radical (unpaired) electrons. The van der Waals surface area contributed by atoms with Gasteiger partial charge in [-0.2, -0.15) is 0 Å². The maximum Gasteiger partial charge on any atom is 0.239 e. The minimum Gasteiger partial charge on any atom is -0.378 e. The van der Waals surface area contributed by atoms with Crippen LogP contribution >= 0.6 is 0 Å². The zero-order valence-electron chi connectivity index (χ0n) is 36.1. The summed E-state index contributed by atoms with van der Waals surface area (Å²) in [5.74, 6) is -1.31. The van der Waals surface area contributed by atoms with Gasteiger partial charge in [0, 0.05) is 0 Å².